The van der Waals surface area contributed by atoms with Crippen molar-refractivity contribution in [2.45, 2.75) is 19.6 Å². The molecule has 0 amide bonds. The van der Waals surface area contributed by atoms with E-state index in [1.54, 1.807) is 31.3 Å². The van der Waals surface area contributed by atoms with Crippen LogP contribution in [0.4, 0.5) is 0 Å². The van der Waals surface area contributed by atoms with Crippen LogP contribution in [0.15, 0.2) is 30.6 Å². The number of aliphatic hydroxyl groups excluding tert-OH is 1. The van der Waals surface area contributed by atoms with Gasteiger partial charge >= 0.3 is 0 Å². The van der Waals surface area contributed by atoms with Crippen LogP contribution in [0.2, 0.25) is 5.02 Å². The molecule has 2 rings (SSSR count). The lowest BCUT2D eigenvalue weighted by Gasteiger charge is -2.10. The van der Waals surface area contributed by atoms with E-state index in [9.17, 15) is 5.11 Å². The van der Waals surface area contributed by atoms with Crippen LogP contribution >= 0.6 is 11.6 Å². The summed E-state index contributed by atoms with van der Waals surface area (Å²) in [7, 11) is 1.91. The Hall–Kier alpha value is -1.52. The van der Waals surface area contributed by atoms with Gasteiger partial charge in [0.2, 0.25) is 0 Å². The fourth-order valence-corrected chi connectivity index (χ4v) is 1.82. The quantitative estimate of drug-likeness (QED) is 0.926. The second kappa shape index (κ2) is 5.42. The Labute approximate surface area is 111 Å². The maximum Gasteiger partial charge on any atom is 0.146 e. The summed E-state index contributed by atoms with van der Waals surface area (Å²) >= 11 is 6.09. The number of halogens is 1. The van der Waals surface area contributed by atoms with E-state index in [2.05, 4.69) is 4.98 Å². The fourth-order valence-electron chi connectivity index (χ4n) is 1.57. The second-order valence-electron chi connectivity index (χ2n) is 4.11. The molecule has 0 spiro atoms. The maximum atomic E-state index is 9.44. The Kier molecular flexibility index (Phi) is 3.89. The van der Waals surface area contributed by atoms with E-state index < -0.39 is 6.10 Å². The normalized spacial score (nSPS) is 12.4. The van der Waals surface area contributed by atoms with Gasteiger partial charge in [-0.3, -0.25) is 0 Å². The predicted octanol–water partition coefficient (Wildman–Crippen LogP) is 2.71. The summed E-state index contributed by atoms with van der Waals surface area (Å²) in [6, 6.07) is 5.26. The van der Waals surface area contributed by atoms with Crippen LogP contribution in [0.5, 0.6) is 5.75 Å². The van der Waals surface area contributed by atoms with Crippen molar-refractivity contribution in [2.24, 2.45) is 7.05 Å². The first kappa shape index (κ1) is 12.9. The minimum Gasteiger partial charge on any atom is -0.484 e. The van der Waals surface area contributed by atoms with Gasteiger partial charge in [-0.05, 0) is 24.6 Å². The van der Waals surface area contributed by atoms with Crippen molar-refractivity contribution in [1.82, 2.24) is 9.55 Å². The molecule has 0 bridgehead atoms. The van der Waals surface area contributed by atoms with Crippen LogP contribution in [0.3, 0.4) is 0 Å². The van der Waals surface area contributed by atoms with Gasteiger partial charge in [0.25, 0.3) is 0 Å². The molecule has 1 aromatic carbocycles. The van der Waals surface area contributed by atoms with Gasteiger partial charge in [-0.25, -0.2) is 4.98 Å². The largest absolute Gasteiger partial charge is 0.484 e. The van der Waals surface area contributed by atoms with Crippen LogP contribution in [0.1, 0.15) is 24.4 Å². The first-order chi connectivity index (χ1) is 8.58. The standard InChI is InChI=1S/C13H15ClN2O2/c1-9(17)10-3-4-12(11(14)7-10)18-8-13-15-5-6-16(13)2/h3-7,9,17H,8H2,1-2H3. The summed E-state index contributed by atoms with van der Waals surface area (Å²) in [5.41, 5.74) is 0.768. The van der Waals surface area contributed by atoms with Crippen molar-refractivity contribution in [3.8, 4) is 5.75 Å². The molecule has 1 N–H and O–H groups in total. The molecule has 0 saturated carbocycles. The number of imidazole rings is 1. The van der Waals surface area contributed by atoms with E-state index in [4.69, 9.17) is 16.3 Å². The molecule has 1 unspecified atom stereocenters. The lowest BCUT2D eigenvalue weighted by atomic mass is 10.1. The van der Waals surface area contributed by atoms with E-state index >= 15 is 0 Å². The second-order valence-corrected chi connectivity index (χ2v) is 4.52. The number of hydrogen-bond acceptors (Lipinski definition) is 3. The van der Waals surface area contributed by atoms with Crippen LogP contribution < -0.4 is 4.74 Å². The third kappa shape index (κ3) is 2.83. The molecule has 0 saturated heterocycles. The molecule has 18 heavy (non-hydrogen) atoms. The van der Waals surface area contributed by atoms with Crippen molar-refractivity contribution in [2.75, 3.05) is 0 Å². The number of benzene rings is 1. The predicted molar refractivity (Wildman–Crippen MR) is 69.6 cm³/mol. The van der Waals surface area contributed by atoms with Gasteiger partial charge in [0.05, 0.1) is 11.1 Å². The molecule has 0 fully saturated rings. The molecule has 0 aliphatic rings. The van der Waals surface area contributed by atoms with E-state index in [0.717, 1.165) is 11.4 Å². The fraction of sp³-hybridized carbons (Fsp3) is 0.308. The maximum absolute atomic E-state index is 9.44. The summed E-state index contributed by atoms with van der Waals surface area (Å²) in [6.45, 7) is 2.05. The minimum atomic E-state index is -0.536. The van der Waals surface area contributed by atoms with Crippen molar-refractivity contribution < 1.29 is 9.84 Å². The molecular weight excluding hydrogens is 252 g/mol. The molecule has 1 heterocycles. The monoisotopic (exact) mass is 266 g/mol. The average Bonchev–Trinajstić information content (AvgIpc) is 2.73. The number of aromatic nitrogens is 2. The van der Waals surface area contributed by atoms with Crippen molar-refractivity contribution in [3.05, 3.63) is 47.0 Å². The molecule has 0 radical (unpaired) electrons. The minimum absolute atomic E-state index is 0.358. The van der Waals surface area contributed by atoms with E-state index in [-0.39, 0.29) is 0 Å². The number of hydrogen-bond donors (Lipinski definition) is 1. The molecule has 1 atom stereocenters. The lowest BCUT2D eigenvalue weighted by Crippen LogP contribution is -2.03. The highest BCUT2D eigenvalue weighted by atomic mass is 35.5. The number of aliphatic hydroxyl groups is 1. The third-order valence-corrected chi connectivity index (χ3v) is 3.01. The summed E-state index contributed by atoms with van der Waals surface area (Å²) in [5.74, 6) is 1.41. The van der Waals surface area contributed by atoms with Gasteiger partial charge in [-0.1, -0.05) is 17.7 Å². The van der Waals surface area contributed by atoms with Crippen molar-refractivity contribution >= 4 is 11.6 Å². The highest BCUT2D eigenvalue weighted by Crippen LogP contribution is 2.28. The Balaban J connectivity index is 2.08. The topological polar surface area (TPSA) is 47.3 Å². The molecule has 0 aliphatic heterocycles. The Morgan fingerprint density at radius 2 is 2.28 bits per heavy atom. The highest BCUT2D eigenvalue weighted by Gasteiger charge is 2.08. The van der Waals surface area contributed by atoms with Crippen LogP contribution in [-0.4, -0.2) is 14.7 Å². The zero-order chi connectivity index (χ0) is 13.1. The Morgan fingerprint density at radius 3 is 2.83 bits per heavy atom. The molecular formula is C13H15ClN2O2. The Bertz CT molecular complexity index is 538. The SMILES string of the molecule is CC(O)c1ccc(OCc2nccn2C)c(Cl)c1. The number of ether oxygens (including phenoxy) is 1. The van der Waals surface area contributed by atoms with Gasteiger partial charge in [0.15, 0.2) is 0 Å². The van der Waals surface area contributed by atoms with E-state index in [1.807, 2.05) is 17.8 Å². The van der Waals surface area contributed by atoms with E-state index in [0.29, 0.717) is 17.4 Å². The molecule has 96 valence electrons. The lowest BCUT2D eigenvalue weighted by molar-refractivity contribution is 0.199. The first-order valence-corrected chi connectivity index (χ1v) is 6.02. The van der Waals surface area contributed by atoms with Crippen molar-refractivity contribution in [1.29, 1.82) is 0 Å². The van der Waals surface area contributed by atoms with E-state index in [1.165, 1.54) is 0 Å². The highest BCUT2D eigenvalue weighted by molar-refractivity contribution is 6.32. The first-order valence-electron chi connectivity index (χ1n) is 5.64. The zero-order valence-corrected chi connectivity index (χ0v) is 11.1. The summed E-state index contributed by atoms with van der Waals surface area (Å²) in [5, 5.41) is 9.93. The smallest absolute Gasteiger partial charge is 0.146 e. The summed E-state index contributed by atoms with van der Waals surface area (Å²) in [6.07, 6.45) is 3.04. The van der Waals surface area contributed by atoms with Crippen LogP contribution in [0.25, 0.3) is 0 Å². The number of aryl methyl sites for hydroxylation is 1. The van der Waals surface area contributed by atoms with Gasteiger partial charge in [-0.15, -0.1) is 0 Å². The van der Waals surface area contributed by atoms with Crippen LogP contribution in [0, 0.1) is 0 Å². The van der Waals surface area contributed by atoms with Gasteiger partial charge in [-0.2, -0.15) is 0 Å². The Morgan fingerprint density at radius 1 is 1.50 bits per heavy atom. The zero-order valence-electron chi connectivity index (χ0n) is 10.3. The van der Waals surface area contributed by atoms with Crippen molar-refractivity contribution in [3.63, 3.8) is 0 Å². The van der Waals surface area contributed by atoms with Gasteiger partial charge in [0, 0.05) is 19.4 Å². The molecule has 5 heteroatoms. The number of rotatable bonds is 4. The molecule has 1 aromatic heterocycles. The van der Waals surface area contributed by atoms with Crippen LogP contribution in [-0.2, 0) is 13.7 Å². The summed E-state index contributed by atoms with van der Waals surface area (Å²) < 4.78 is 7.49. The summed E-state index contributed by atoms with van der Waals surface area (Å²) in [4.78, 5) is 4.16. The number of nitrogens with zero attached hydrogens (tertiary/aromatic N) is 2. The average molecular weight is 267 g/mol. The molecule has 0 aliphatic carbocycles. The van der Waals surface area contributed by atoms with Gasteiger partial charge in [0.1, 0.15) is 18.2 Å². The molecule has 4 nitrogen and oxygen atoms in total. The molecule has 2 aromatic rings. The van der Waals surface area contributed by atoms with Gasteiger partial charge < -0.3 is 14.4 Å². The third-order valence-electron chi connectivity index (χ3n) is 2.72.